The molecule has 1 aliphatic heterocycles. The fraction of sp³-hybridized carbons (Fsp3) is 0.259. The summed E-state index contributed by atoms with van der Waals surface area (Å²) in [5, 5.41) is 14.3. The van der Waals surface area contributed by atoms with Gasteiger partial charge in [-0.15, -0.1) is 0 Å². The molecule has 1 fully saturated rings. The molecule has 39 heavy (non-hydrogen) atoms. The standard InChI is InChI=1S/C27H28N4O7S/c1-19-2-12-24(13-3-19)39(36,37)25(18-26(32)28-20-6-10-23(11-7-20)31(34)35)27(33)29-21-4-8-22(9-5-21)30-14-16-38-17-15-30/h2-13,25H,14-18H2,1H3,(H,28,32)(H,29,33)/t25-/m0/s1. The summed E-state index contributed by atoms with van der Waals surface area (Å²) in [6.45, 7) is 4.54. The molecule has 0 aliphatic carbocycles. The lowest BCUT2D eigenvalue weighted by Crippen LogP contribution is -2.38. The molecule has 1 atom stereocenters. The lowest BCUT2D eigenvalue weighted by molar-refractivity contribution is -0.384. The second-order valence-corrected chi connectivity index (χ2v) is 11.2. The van der Waals surface area contributed by atoms with Gasteiger partial charge in [-0.3, -0.25) is 19.7 Å². The topological polar surface area (TPSA) is 148 Å². The first-order valence-electron chi connectivity index (χ1n) is 12.2. The summed E-state index contributed by atoms with van der Waals surface area (Å²) in [6.07, 6.45) is -0.662. The summed E-state index contributed by atoms with van der Waals surface area (Å²) in [5.41, 5.74) is 2.24. The molecule has 1 aliphatic rings. The maximum atomic E-state index is 13.5. The lowest BCUT2D eigenvalue weighted by Gasteiger charge is -2.29. The van der Waals surface area contributed by atoms with Crippen LogP contribution >= 0.6 is 0 Å². The molecular formula is C27H28N4O7S. The van der Waals surface area contributed by atoms with Crippen molar-refractivity contribution in [2.75, 3.05) is 41.8 Å². The normalized spacial score (nSPS) is 14.3. The average Bonchev–Trinajstić information content (AvgIpc) is 2.93. The predicted molar refractivity (Wildman–Crippen MR) is 147 cm³/mol. The number of nitrogens with one attached hydrogen (secondary N) is 2. The Bertz CT molecular complexity index is 1430. The Hall–Kier alpha value is -4.29. The number of morpholine rings is 1. The molecule has 0 aromatic heterocycles. The van der Waals surface area contributed by atoms with Crippen molar-refractivity contribution >= 4 is 44.4 Å². The van der Waals surface area contributed by atoms with Crippen LogP contribution < -0.4 is 15.5 Å². The van der Waals surface area contributed by atoms with Gasteiger partial charge in [0.15, 0.2) is 15.1 Å². The van der Waals surface area contributed by atoms with E-state index in [9.17, 15) is 28.1 Å². The van der Waals surface area contributed by atoms with Crippen LogP contribution in [0.3, 0.4) is 0 Å². The van der Waals surface area contributed by atoms with Crippen molar-refractivity contribution in [3.8, 4) is 0 Å². The summed E-state index contributed by atoms with van der Waals surface area (Å²) in [7, 11) is -4.25. The maximum absolute atomic E-state index is 13.5. The van der Waals surface area contributed by atoms with Crippen LogP contribution in [0, 0.1) is 17.0 Å². The Morgan fingerprint density at radius 2 is 1.49 bits per heavy atom. The van der Waals surface area contributed by atoms with Gasteiger partial charge in [0.05, 0.1) is 29.5 Å². The van der Waals surface area contributed by atoms with Crippen molar-refractivity contribution in [2.24, 2.45) is 0 Å². The second kappa shape index (κ2) is 12.0. The van der Waals surface area contributed by atoms with Crippen molar-refractivity contribution in [3.05, 3.63) is 88.5 Å². The fourth-order valence-corrected chi connectivity index (χ4v) is 5.64. The minimum Gasteiger partial charge on any atom is -0.378 e. The molecule has 2 amide bonds. The number of aryl methyl sites for hydroxylation is 1. The Kier molecular flexibility index (Phi) is 8.57. The number of non-ortho nitro benzene ring substituents is 1. The highest BCUT2D eigenvalue weighted by atomic mass is 32.2. The third-order valence-electron chi connectivity index (χ3n) is 6.26. The number of nitro groups is 1. The Labute approximate surface area is 225 Å². The predicted octanol–water partition coefficient (Wildman–Crippen LogP) is 3.55. The third-order valence-corrected chi connectivity index (χ3v) is 8.32. The van der Waals surface area contributed by atoms with Crippen LogP contribution in [0.4, 0.5) is 22.7 Å². The number of sulfone groups is 1. The molecule has 0 saturated carbocycles. The number of rotatable bonds is 9. The van der Waals surface area contributed by atoms with Gasteiger partial charge in [0.2, 0.25) is 11.8 Å². The highest BCUT2D eigenvalue weighted by Crippen LogP contribution is 2.24. The highest BCUT2D eigenvalue weighted by Gasteiger charge is 2.36. The van der Waals surface area contributed by atoms with Crippen LogP contribution in [-0.4, -0.2) is 56.7 Å². The molecule has 2 N–H and O–H groups in total. The van der Waals surface area contributed by atoms with Gasteiger partial charge >= 0.3 is 0 Å². The number of hydrogen-bond acceptors (Lipinski definition) is 8. The zero-order valence-corrected chi connectivity index (χ0v) is 22.0. The quantitative estimate of drug-likeness (QED) is 0.303. The van der Waals surface area contributed by atoms with Gasteiger partial charge in [-0.1, -0.05) is 17.7 Å². The molecule has 0 unspecified atom stereocenters. The molecule has 4 rings (SSSR count). The molecule has 0 radical (unpaired) electrons. The van der Waals surface area contributed by atoms with Crippen LogP contribution in [0.5, 0.6) is 0 Å². The number of hydrogen-bond donors (Lipinski definition) is 2. The van der Waals surface area contributed by atoms with Crippen LogP contribution in [0.2, 0.25) is 0 Å². The van der Waals surface area contributed by atoms with Gasteiger partial charge in [0, 0.05) is 42.3 Å². The van der Waals surface area contributed by atoms with E-state index in [1.165, 1.54) is 36.4 Å². The molecule has 0 spiro atoms. The summed E-state index contributed by atoms with van der Waals surface area (Å²) in [6, 6.07) is 18.1. The molecule has 11 nitrogen and oxygen atoms in total. The molecule has 3 aromatic rings. The molecule has 204 valence electrons. The lowest BCUT2D eigenvalue weighted by atomic mass is 10.2. The van der Waals surface area contributed by atoms with E-state index in [4.69, 9.17) is 4.74 Å². The van der Waals surface area contributed by atoms with E-state index in [-0.39, 0.29) is 16.3 Å². The van der Waals surface area contributed by atoms with Crippen LogP contribution in [0.25, 0.3) is 0 Å². The summed E-state index contributed by atoms with van der Waals surface area (Å²) < 4.78 is 32.4. The highest BCUT2D eigenvalue weighted by molar-refractivity contribution is 7.92. The molecule has 3 aromatic carbocycles. The first kappa shape index (κ1) is 27.7. The zero-order valence-electron chi connectivity index (χ0n) is 21.2. The largest absolute Gasteiger partial charge is 0.378 e. The summed E-state index contributed by atoms with van der Waals surface area (Å²) >= 11 is 0. The van der Waals surface area contributed by atoms with E-state index >= 15 is 0 Å². The van der Waals surface area contributed by atoms with Crippen molar-refractivity contribution in [1.29, 1.82) is 0 Å². The van der Waals surface area contributed by atoms with Gasteiger partial charge in [0.25, 0.3) is 5.69 Å². The Balaban J connectivity index is 1.53. The van der Waals surface area contributed by atoms with Gasteiger partial charge in [-0.25, -0.2) is 8.42 Å². The zero-order chi connectivity index (χ0) is 28.0. The van der Waals surface area contributed by atoms with Gasteiger partial charge in [-0.05, 0) is 55.5 Å². The smallest absolute Gasteiger partial charge is 0.269 e. The number of benzene rings is 3. The number of carbonyl (C=O) groups excluding carboxylic acids is 2. The first-order chi connectivity index (χ1) is 18.6. The average molecular weight is 553 g/mol. The van der Waals surface area contributed by atoms with Crippen molar-refractivity contribution in [2.45, 2.75) is 23.5 Å². The third kappa shape index (κ3) is 6.98. The monoisotopic (exact) mass is 552 g/mol. The molecular weight excluding hydrogens is 524 g/mol. The Morgan fingerprint density at radius 3 is 2.08 bits per heavy atom. The fourth-order valence-electron chi connectivity index (χ4n) is 4.08. The van der Waals surface area contributed by atoms with Crippen molar-refractivity contribution < 1.29 is 27.7 Å². The molecule has 1 heterocycles. The number of ether oxygens (including phenoxy) is 1. The van der Waals surface area contributed by atoms with Crippen LogP contribution in [-0.2, 0) is 24.2 Å². The van der Waals surface area contributed by atoms with E-state index < -0.39 is 38.2 Å². The Morgan fingerprint density at radius 1 is 0.923 bits per heavy atom. The number of nitrogens with zero attached hydrogens (tertiary/aromatic N) is 2. The van der Waals surface area contributed by atoms with Gasteiger partial charge in [-0.2, -0.15) is 0 Å². The van der Waals surface area contributed by atoms with Crippen molar-refractivity contribution in [3.63, 3.8) is 0 Å². The first-order valence-corrected chi connectivity index (χ1v) is 13.8. The van der Waals surface area contributed by atoms with E-state index in [1.807, 2.05) is 12.1 Å². The van der Waals surface area contributed by atoms with Gasteiger partial charge in [0.1, 0.15) is 0 Å². The molecule has 12 heteroatoms. The number of carbonyl (C=O) groups is 2. The van der Waals surface area contributed by atoms with Gasteiger partial charge < -0.3 is 20.3 Å². The minimum atomic E-state index is -4.25. The van der Waals surface area contributed by atoms with Crippen LogP contribution in [0.1, 0.15) is 12.0 Å². The molecule has 0 bridgehead atoms. The maximum Gasteiger partial charge on any atom is 0.269 e. The van der Waals surface area contributed by atoms with E-state index in [0.717, 1.165) is 24.3 Å². The summed E-state index contributed by atoms with van der Waals surface area (Å²) in [4.78, 5) is 38.5. The van der Waals surface area contributed by atoms with Crippen LogP contribution in [0.15, 0.2) is 77.7 Å². The van der Waals surface area contributed by atoms with E-state index in [0.29, 0.717) is 18.9 Å². The second-order valence-electron chi connectivity index (χ2n) is 9.04. The van der Waals surface area contributed by atoms with Crippen molar-refractivity contribution in [1.82, 2.24) is 0 Å². The van der Waals surface area contributed by atoms with E-state index in [1.54, 1.807) is 31.2 Å². The number of amides is 2. The van der Waals surface area contributed by atoms with E-state index in [2.05, 4.69) is 15.5 Å². The summed E-state index contributed by atoms with van der Waals surface area (Å²) in [5.74, 6) is -1.59. The molecule has 1 saturated heterocycles. The minimum absolute atomic E-state index is 0.0842. The SMILES string of the molecule is Cc1ccc(S(=O)(=O)[C@@H](CC(=O)Nc2ccc([N+](=O)[O-])cc2)C(=O)Nc2ccc(N3CCOCC3)cc2)cc1. The number of anilines is 3. The number of nitro benzene ring substituents is 1.